The molecule has 0 spiro atoms. The summed E-state index contributed by atoms with van der Waals surface area (Å²) in [5.74, 6) is -1.04. The first-order valence-corrected chi connectivity index (χ1v) is 5.99. The van der Waals surface area contributed by atoms with E-state index in [1.54, 1.807) is 12.1 Å². The Morgan fingerprint density at radius 2 is 2.20 bits per heavy atom. The zero-order valence-electron chi connectivity index (χ0n) is 10.9. The molecule has 0 bridgehead atoms. The van der Waals surface area contributed by atoms with E-state index < -0.39 is 5.97 Å². The Labute approximate surface area is 116 Å². The Bertz CT molecular complexity index is 660. The summed E-state index contributed by atoms with van der Waals surface area (Å²) >= 11 is 0. The molecule has 20 heavy (non-hydrogen) atoms. The lowest BCUT2D eigenvalue weighted by Gasteiger charge is -2.19. The number of carboxylic acids is 1. The van der Waals surface area contributed by atoms with Crippen LogP contribution in [0.4, 0.5) is 5.69 Å². The SMILES string of the molecule is CN(Cc1cccc(C#N)c1)c1ccc(C(=O)O)nc1. The zero-order valence-corrected chi connectivity index (χ0v) is 10.9. The fourth-order valence-electron chi connectivity index (χ4n) is 1.84. The molecule has 0 aliphatic heterocycles. The first kappa shape index (κ1) is 13.6. The Morgan fingerprint density at radius 1 is 1.40 bits per heavy atom. The van der Waals surface area contributed by atoms with Gasteiger partial charge in [0.25, 0.3) is 0 Å². The summed E-state index contributed by atoms with van der Waals surface area (Å²) in [6, 6.07) is 12.7. The van der Waals surface area contributed by atoms with Crippen molar-refractivity contribution in [1.82, 2.24) is 4.98 Å². The maximum absolute atomic E-state index is 10.7. The number of carbonyl (C=O) groups is 1. The fourth-order valence-corrected chi connectivity index (χ4v) is 1.84. The highest BCUT2D eigenvalue weighted by atomic mass is 16.4. The van der Waals surface area contributed by atoms with E-state index in [0.717, 1.165) is 11.3 Å². The number of nitrogens with zero attached hydrogens (tertiary/aromatic N) is 3. The molecular formula is C15H13N3O2. The molecule has 0 fully saturated rings. The van der Waals surface area contributed by atoms with Crippen molar-refractivity contribution in [3.8, 4) is 6.07 Å². The molecule has 0 unspecified atom stereocenters. The lowest BCUT2D eigenvalue weighted by Crippen LogP contribution is -2.17. The van der Waals surface area contributed by atoms with Crippen LogP contribution in [0.1, 0.15) is 21.6 Å². The van der Waals surface area contributed by atoms with Crippen LogP contribution >= 0.6 is 0 Å². The Morgan fingerprint density at radius 3 is 2.80 bits per heavy atom. The zero-order chi connectivity index (χ0) is 14.5. The molecule has 2 aromatic rings. The number of carboxylic acid groups (broad SMARTS) is 1. The molecule has 1 aromatic heterocycles. The molecule has 0 atom stereocenters. The predicted octanol–water partition coefficient (Wildman–Crippen LogP) is 2.29. The van der Waals surface area contributed by atoms with E-state index in [4.69, 9.17) is 10.4 Å². The van der Waals surface area contributed by atoms with Gasteiger partial charge in [0.2, 0.25) is 0 Å². The molecule has 5 heteroatoms. The Kier molecular flexibility index (Phi) is 3.96. The van der Waals surface area contributed by atoms with Gasteiger partial charge in [0.05, 0.1) is 23.5 Å². The number of rotatable bonds is 4. The second kappa shape index (κ2) is 5.85. The van der Waals surface area contributed by atoms with Crippen LogP contribution in [0.5, 0.6) is 0 Å². The quantitative estimate of drug-likeness (QED) is 0.919. The lowest BCUT2D eigenvalue weighted by molar-refractivity contribution is 0.0690. The summed E-state index contributed by atoms with van der Waals surface area (Å²) in [6.07, 6.45) is 1.53. The normalized spacial score (nSPS) is 9.80. The van der Waals surface area contributed by atoms with Crippen LogP contribution in [-0.2, 0) is 6.54 Å². The van der Waals surface area contributed by atoms with Gasteiger partial charge in [-0.1, -0.05) is 12.1 Å². The van der Waals surface area contributed by atoms with Crippen molar-refractivity contribution in [3.05, 3.63) is 59.4 Å². The van der Waals surface area contributed by atoms with E-state index in [9.17, 15) is 4.79 Å². The summed E-state index contributed by atoms with van der Waals surface area (Å²) in [5, 5.41) is 17.7. The largest absolute Gasteiger partial charge is 0.477 e. The number of aromatic nitrogens is 1. The molecule has 0 aliphatic rings. The van der Waals surface area contributed by atoms with Crippen molar-refractivity contribution in [3.63, 3.8) is 0 Å². The molecule has 0 saturated carbocycles. The smallest absolute Gasteiger partial charge is 0.354 e. The van der Waals surface area contributed by atoms with Crippen molar-refractivity contribution >= 4 is 11.7 Å². The van der Waals surface area contributed by atoms with Crippen molar-refractivity contribution in [1.29, 1.82) is 5.26 Å². The van der Waals surface area contributed by atoms with Gasteiger partial charge in [-0.25, -0.2) is 9.78 Å². The summed E-state index contributed by atoms with van der Waals surface area (Å²) in [5.41, 5.74) is 2.47. The van der Waals surface area contributed by atoms with E-state index in [0.29, 0.717) is 12.1 Å². The molecule has 0 saturated heterocycles. The second-order valence-corrected chi connectivity index (χ2v) is 4.38. The molecule has 5 nitrogen and oxygen atoms in total. The van der Waals surface area contributed by atoms with Gasteiger partial charge < -0.3 is 10.0 Å². The summed E-state index contributed by atoms with van der Waals surface area (Å²) < 4.78 is 0. The van der Waals surface area contributed by atoms with Gasteiger partial charge in [-0.2, -0.15) is 5.26 Å². The van der Waals surface area contributed by atoms with Crippen molar-refractivity contribution in [2.24, 2.45) is 0 Å². The van der Waals surface area contributed by atoms with E-state index in [-0.39, 0.29) is 5.69 Å². The van der Waals surface area contributed by atoms with Crippen molar-refractivity contribution in [2.75, 3.05) is 11.9 Å². The van der Waals surface area contributed by atoms with Crippen LogP contribution in [0.25, 0.3) is 0 Å². The highest BCUT2D eigenvalue weighted by molar-refractivity contribution is 5.85. The number of benzene rings is 1. The maximum atomic E-state index is 10.7. The van der Waals surface area contributed by atoms with E-state index in [1.807, 2.05) is 30.1 Å². The Balaban J connectivity index is 2.13. The number of anilines is 1. The average molecular weight is 267 g/mol. The number of nitriles is 1. The van der Waals surface area contributed by atoms with Crippen LogP contribution in [0.2, 0.25) is 0 Å². The average Bonchev–Trinajstić information content (AvgIpc) is 2.47. The van der Waals surface area contributed by atoms with E-state index in [2.05, 4.69) is 11.1 Å². The van der Waals surface area contributed by atoms with E-state index in [1.165, 1.54) is 12.3 Å². The van der Waals surface area contributed by atoms with Gasteiger partial charge in [-0.15, -0.1) is 0 Å². The minimum atomic E-state index is -1.04. The van der Waals surface area contributed by atoms with Crippen molar-refractivity contribution < 1.29 is 9.90 Å². The minimum Gasteiger partial charge on any atom is -0.477 e. The lowest BCUT2D eigenvalue weighted by atomic mass is 10.1. The molecule has 0 aliphatic carbocycles. The molecule has 1 aromatic carbocycles. The van der Waals surface area contributed by atoms with Gasteiger partial charge >= 0.3 is 5.97 Å². The molecule has 1 heterocycles. The number of hydrogen-bond donors (Lipinski definition) is 1. The third-order valence-corrected chi connectivity index (χ3v) is 2.88. The van der Waals surface area contributed by atoms with Gasteiger partial charge in [-0.05, 0) is 29.8 Å². The monoisotopic (exact) mass is 267 g/mol. The van der Waals surface area contributed by atoms with Crippen LogP contribution in [0, 0.1) is 11.3 Å². The van der Waals surface area contributed by atoms with Gasteiger partial charge in [-0.3, -0.25) is 0 Å². The third kappa shape index (κ3) is 3.12. The molecule has 0 radical (unpaired) electrons. The van der Waals surface area contributed by atoms with Crippen LogP contribution in [0.15, 0.2) is 42.6 Å². The van der Waals surface area contributed by atoms with Crippen LogP contribution in [0.3, 0.4) is 0 Å². The predicted molar refractivity (Wildman–Crippen MR) is 74.5 cm³/mol. The fraction of sp³-hybridized carbons (Fsp3) is 0.133. The minimum absolute atomic E-state index is 0.0219. The first-order chi connectivity index (χ1) is 9.60. The van der Waals surface area contributed by atoms with Gasteiger partial charge in [0.1, 0.15) is 5.69 Å². The van der Waals surface area contributed by atoms with Crippen LogP contribution < -0.4 is 4.90 Å². The summed E-state index contributed by atoms with van der Waals surface area (Å²) in [7, 11) is 1.89. The Hall–Kier alpha value is -2.87. The van der Waals surface area contributed by atoms with Crippen molar-refractivity contribution in [2.45, 2.75) is 6.54 Å². The molecule has 0 amide bonds. The third-order valence-electron chi connectivity index (χ3n) is 2.88. The number of pyridine rings is 1. The molecule has 2 rings (SSSR count). The van der Waals surface area contributed by atoms with Gasteiger partial charge in [0.15, 0.2) is 0 Å². The molecule has 100 valence electrons. The molecule has 1 N–H and O–H groups in total. The standard InChI is InChI=1S/C15H13N3O2/c1-18(10-12-4-2-3-11(7-12)8-16)13-5-6-14(15(19)20)17-9-13/h2-7,9H,10H2,1H3,(H,19,20). The van der Waals surface area contributed by atoms with Gasteiger partial charge in [0, 0.05) is 13.6 Å². The number of aromatic carboxylic acids is 1. The summed E-state index contributed by atoms with van der Waals surface area (Å²) in [6.45, 7) is 0.615. The van der Waals surface area contributed by atoms with Crippen LogP contribution in [-0.4, -0.2) is 23.1 Å². The number of hydrogen-bond acceptors (Lipinski definition) is 4. The second-order valence-electron chi connectivity index (χ2n) is 4.38. The highest BCUT2D eigenvalue weighted by Gasteiger charge is 2.07. The first-order valence-electron chi connectivity index (χ1n) is 5.99. The molecular weight excluding hydrogens is 254 g/mol. The van der Waals surface area contributed by atoms with E-state index >= 15 is 0 Å². The summed E-state index contributed by atoms with van der Waals surface area (Å²) in [4.78, 5) is 16.6. The topological polar surface area (TPSA) is 77.2 Å². The highest BCUT2D eigenvalue weighted by Crippen LogP contribution is 2.15. The maximum Gasteiger partial charge on any atom is 0.354 e.